The number of hydrogen-bond acceptors (Lipinski definition) is 5. The quantitative estimate of drug-likeness (QED) is 0.629. The van der Waals surface area contributed by atoms with Crippen LogP contribution in [-0.2, 0) is 14.3 Å². The van der Waals surface area contributed by atoms with Crippen LogP contribution in [0.5, 0.6) is 0 Å². The largest absolute Gasteiger partial charge is 0.453 e. The lowest BCUT2D eigenvalue weighted by molar-refractivity contribution is -0.156. The van der Waals surface area contributed by atoms with Crippen LogP contribution in [0.4, 0.5) is 5.69 Å². The lowest BCUT2D eigenvalue weighted by Crippen LogP contribution is -2.24. The van der Waals surface area contributed by atoms with Crippen LogP contribution in [0.3, 0.4) is 0 Å². The number of aliphatic hydroxyl groups is 1. The number of carbonyl (C=O) groups is 2. The second kappa shape index (κ2) is 8.36. The van der Waals surface area contributed by atoms with Gasteiger partial charge in [-0.2, -0.15) is 0 Å². The van der Waals surface area contributed by atoms with Gasteiger partial charge in [0.15, 0.2) is 12.7 Å². The highest BCUT2D eigenvalue weighted by atomic mass is 32.2. The van der Waals surface area contributed by atoms with Gasteiger partial charge in [-0.25, -0.2) is 4.79 Å². The number of ether oxygens (including phenoxy) is 1. The van der Waals surface area contributed by atoms with Crippen LogP contribution in [0.1, 0.15) is 11.7 Å². The number of hydrogen-bond donors (Lipinski definition) is 2. The molecule has 2 N–H and O–H groups in total. The highest BCUT2D eigenvalue weighted by Crippen LogP contribution is 2.24. The van der Waals surface area contributed by atoms with Gasteiger partial charge in [0.2, 0.25) is 0 Å². The maximum absolute atomic E-state index is 11.9. The van der Waals surface area contributed by atoms with Gasteiger partial charge in [-0.1, -0.05) is 42.5 Å². The summed E-state index contributed by atoms with van der Waals surface area (Å²) in [6, 6.07) is 15.7. The third-order valence-electron chi connectivity index (χ3n) is 3.07. The van der Waals surface area contributed by atoms with E-state index in [-0.39, 0.29) is 0 Å². The highest BCUT2D eigenvalue weighted by Gasteiger charge is 2.19. The molecule has 0 saturated carbocycles. The van der Waals surface area contributed by atoms with Crippen LogP contribution in [0.15, 0.2) is 59.5 Å². The van der Waals surface area contributed by atoms with Crippen molar-refractivity contribution in [2.75, 3.05) is 18.2 Å². The highest BCUT2D eigenvalue weighted by molar-refractivity contribution is 7.98. The number of para-hydroxylation sites is 1. The average molecular weight is 331 g/mol. The van der Waals surface area contributed by atoms with Gasteiger partial charge in [-0.3, -0.25) is 4.79 Å². The van der Waals surface area contributed by atoms with Gasteiger partial charge in [0, 0.05) is 4.90 Å². The molecule has 0 bridgehead atoms. The minimum Gasteiger partial charge on any atom is -0.453 e. The molecule has 5 nitrogen and oxygen atoms in total. The molecule has 0 saturated heterocycles. The smallest absolute Gasteiger partial charge is 0.340 e. The molecule has 0 spiro atoms. The Kier molecular flexibility index (Phi) is 6.19. The molecule has 2 rings (SSSR count). The number of aliphatic hydroxyl groups excluding tert-OH is 1. The minimum atomic E-state index is -1.40. The lowest BCUT2D eigenvalue weighted by Gasteiger charge is -2.12. The third kappa shape index (κ3) is 4.84. The first-order chi connectivity index (χ1) is 11.1. The van der Waals surface area contributed by atoms with Gasteiger partial charge in [-0.15, -0.1) is 11.8 Å². The Bertz CT molecular complexity index is 675. The van der Waals surface area contributed by atoms with Gasteiger partial charge in [0.05, 0.1) is 5.69 Å². The summed E-state index contributed by atoms with van der Waals surface area (Å²) < 4.78 is 4.86. The summed E-state index contributed by atoms with van der Waals surface area (Å²) in [5, 5.41) is 12.5. The molecule has 0 fully saturated rings. The molecule has 1 amide bonds. The van der Waals surface area contributed by atoms with Gasteiger partial charge < -0.3 is 15.2 Å². The summed E-state index contributed by atoms with van der Waals surface area (Å²) in [7, 11) is 0. The lowest BCUT2D eigenvalue weighted by atomic mass is 10.1. The molecule has 2 aromatic carbocycles. The van der Waals surface area contributed by atoms with Crippen molar-refractivity contribution in [1.82, 2.24) is 0 Å². The zero-order valence-corrected chi connectivity index (χ0v) is 13.4. The Morgan fingerprint density at radius 1 is 1.13 bits per heavy atom. The molecular weight excluding hydrogens is 314 g/mol. The standard InChI is InChI=1S/C17H17NO4S/c1-23-14-10-6-5-9-13(14)18-15(19)11-22-17(21)16(20)12-7-3-2-4-8-12/h2-10,16,20H,11H2,1H3,(H,18,19)/t16-/m1/s1. The second-order valence-corrected chi connectivity index (χ2v) is 5.52. The van der Waals surface area contributed by atoms with Crippen LogP contribution in [0.2, 0.25) is 0 Å². The molecule has 6 heteroatoms. The van der Waals surface area contributed by atoms with E-state index in [9.17, 15) is 14.7 Å². The monoisotopic (exact) mass is 331 g/mol. The summed E-state index contributed by atoms with van der Waals surface area (Å²) in [5.74, 6) is -1.32. The molecule has 0 unspecified atom stereocenters. The van der Waals surface area contributed by atoms with Crippen molar-refractivity contribution in [2.45, 2.75) is 11.0 Å². The number of anilines is 1. The van der Waals surface area contributed by atoms with Crippen molar-refractivity contribution in [3.05, 3.63) is 60.2 Å². The van der Waals surface area contributed by atoms with E-state index in [0.717, 1.165) is 4.90 Å². The first-order valence-electron chi connectivity index (χ1n) is 6.94. The number of benzene rings is 2. The second-order valence-electron chi connectivity index (χ2n) is 4.67. The fourth-order valence-electron chi connectivity index (χ4n) is 1.92. The van der Waals surface area contributed by atoms with E-state index in [1.54, 1.807) is 42.5 Å². The summed E-state index contributed by atoms with van der Waals surface area (Å²) in [5.41, 5.74) is 1.08. The summed E-state index contributed by atoms with van der Waals surface area (Å²) >= 11 is 1.50. The topological polar surface area (TPSA) is 75.6 Å². The molecule has 120 valence electrons. The van der Waals surface area contributed by atoms with E-state index in [1.807, 2.05) is 18.4 Å². The number of esters is 1. The van der Waals surface area contributed by atoms with Crippen LogP contribution < -0.4 is 5.32 Å². The van der Waals surface area contributed by atoms with Crippen molar-refractivity contribution >= 4 is 29.3 Å². The summed E-state index contributed by atoms with van der Waals surface area (Å²) in [4.78, 5) is 24.5. The van der Waals surface area contributed by atoms with Crippen LogP contribution >= 0.6 is 11.8 Å². The predicted molar refractivity (Wildman–Crippen MR) is 89.2 cm³/mol. The van der Waals surface area contributed by atoms with E-state index in [0.29, 0.717) is 11.3 Å². The Morgan fingerprint density at radius 2 is 1.78 bits per heavy atom. The van der Waals surface area contributed by atoms with E-state index in [1.165, 1.54) is 11.8 Å². The molecule has 0 aliphatic carbocycles. The molecule has 0 heterocycles. The van der Waals surface area contributed by atoms with Crippen LogP contribution in [0.25, 0.3) is 0 Å². The van der Waals surface area contributed by atoms with Crippen molar-refractivity contribution in [3.8, 4) is 0 Å². The van der Waals surface area contributed by atoms with E-state index < -0.39 is 24.6 Å². The SMILES string of the molecule is CSc1ccccc1NC(=O)COC(=O)[C@H](O)c1ccccc1. The molecule has 2 aromatic rings. The Morgan fingerprint density at radius 3 is 2.48 bits per heavy atom. The number of thioether (sulfide) groups is 1. The summed E-state index contributed by atoms with van der Waals surface area (Å²) in [6.45, 7) is -0.453. The first kappa shape index (κ1) is 17.1. The third-order valence-corrected chi connectivity index (χ3v) is 3.86. The van der Waals surface area contributed by atoms with Crippen molar-refractivity contribution in [1.29, 1.82) is 0 Å². The average Bonchev–Trinajstić information content (AvgIpc) is 2.60. The van der Waals surface area contributed by atoms with E-state index in [4.69, 9.17) is 4.74 Å². The van der Waals surface area contributed by atoms with Gasteiger partial charge in [0.1, 0.15) is 0 Å². The fraction of sp³-hybridized carbons (Fsp3) is 0.176. The molecule has 0 aliphatic heterocycles. The van der Waals surface area contributed by atoms with Crippen molar-refractivity contribution in [2.24, 2.45) is 0 Å². The van der Waals surface area contributed by atoms with Crippen LogP contribution in [0, 0.1) is 0 Å². The van der Waals surface area contributed by atoms with Gasteiger partial charge in [0.25, 0.3) is 5.91 Å². The Balaban J connectivity index is 1.88. The van der Waals surface area contributed by atoms with Gasteiger partial charge in [-0.05, 0) is 24.0 Å². The van der Waals surface area contributed by atoms with E-state index in [2.05, 4.69) is 5.32 Å². The molecule has 0 aromatic heterocycles. The fourth-order valence-corrected chi connectivity index (χ4v) is 2.47. The number of carbonyl (C=O) groups excluding carboxylic acids is 2. The number of nitrogens with one attached hydrogen (secondary N) is 1. The number of rotatable bonds is 6. The Hall–Kier alpha value is -2.31. The Labute approximate surface area is 138 Å². The maximum atomic E-state index is 11.9. The molecule has 0 aliphatic rings. The molecule has 0 radical (unpaired) electrons. The molecule has 23 heavy (non-hydrogen) atoms. The molecular formula is C17H17NO4S. The van der Waals surface area contributed by atoms with Gasteiger partial charge >= 0.3 is 5.97 Å². The zero-order chi connectivity index (χ0) is 16.7. The normalized spacial score (nSPS) is 11.6. The maximum Gasteiger partial charge on any atom is 0.340 e. The zero-order valence-electron chi connectivity index (χ0n) is 12.6. The number of amides is 1. The molecule has 1 atom stereocenters. The minimum absolute atomic E-state index is 0.422. The van der Waals surface area contributed by atoms with Crippen molar-refractivity contribution in [3.63, 3.8) is 0 Å². The van der Waals surface area contributed by atoms with E-state index >= 15 is 0 Å². The predicted octanol–water partition coefficient (Wildman–Crippen LogP) is 2.62. The van der Waals surface area contributed by atoms with Crippen molar-refractivity contribution < 1.29 is 19.4 Å². The first-order valence-corrected chi connectivity index (χ1v) is 8.17. The van der Waals surface area contributed by atoms with Crippen LogP contribution in [-0.4, -0.2) is 29.8 Å². The summed E-state index contributed by atoms with van der Waals surface area (Å²) in [6.07, 6.45) is 0.504.